The quantitative estimate of drug-likeness (QED) is 0.886. The predicted octanol–water partition coefficient (Wildman–Crippen LogP) is 1.44. The molecule has 2 saturated heterocycles. The van der Waals surface area contributed by atoms with Crippen LogP contribution in [-0.2, 0) is 16.4 Å². The van der Waals surface area contributed by atoms with E-state index in [2.05, 4.69) is 9.88 Å². The number of aromatic nitrogens is 1. The number of hydrogen-bond donors (Lipinski definition) is 1. The van der Waals surface area contributed by atoms with Gasteiger partial charge in [-0.1, -0.05) is 17.7 Å². The highest BCUT2D eigenvalue weighted by Crippen LogP contribution is 2.34. The second-order valence-corrected chi connectivity index (χ2v) is 9.23. The molecular weight excluding hydrogens is 334 g/mol. The van der Waals surface area contributed by atoms with Crippen LogP contribution in [0, 0.1) is 5.92 Å². The molecule has 1 aromatic carbocycles. The summed E-state index contributed by atoms with van der Waals surface area (Å²) in [6, 6.07) is 7.43. The van der Waals surface area contributed by atoms with Crippen LogP contribution in [0.2, 0.25) is 5.02 Å². The zero-order valence-electron chi connectivity index (χ0n) is 12.5. The Balaban J connectivity index is 1.63. The van der Waals surface area contributed by atoms with Crippen molar-refractivity contribution in [3.8, 4) is 0 Å². The largest absolute Gasteiger partial charge is 0.326 e. The molecule has 0 saturated carbocycles. The minimum atomic E-state index is -3.06. The average Bonchev–Trinajstić information content (AvgIpc) is 2.99. The van der Waals surface area contributed by atoms with Crippen molar-refractivity contribution >= 4 is 32.3 Å². The van der Waals surface area contributed by atoms with E-state index in [1.54, 1.807) is 6.20 Å². The lowest BCUT2D eigenvalue weighted by Gasteiger charge is -2.19. The van der Waals surface area contributed by atoms with Crippen molar-refractivity contribution in [3.05, 3.63) is 41.0 Å². The van der Waals surface area contributed by atoms with Crippen LogP contribution in [0.25, 0.3) is 10.9 Å². The Morgan fingerprint density at radius 2 is 2.17 bits per heavy atom. The fourth-order valence-corrected chi connectivity index (χ4v) is 6.44. The van der Waals surface area contributed by atoms with Gasteiger partial charge in [0, 0.05) is 48.2 Å². The van der Waals surface area contributed by atoms with Crippen LogP contribution in [0.15, 0.2) is 30.5 Å². The normalized spacial score (nSPS) is 29.9. The van der Waals surface area contributed by atoms with E-state index in [4.69, 9.17) is 17.3 Å². The molecular formula is C16H18ClN3O2S. The molecule has 0 bridgehead atoms. The number of nitrogens with two attached hydrogens (primary N) is 1. The molecule has 4 rings (SSSR count). The molecule has 0 spiro atoms. The third kappa shape index (κ3) is 2.63. The number of halogens is 1. The Labute approximate surface area is 140 Å². The van der Waals surface area contributed by atoms with Gasteiger partial charge in [0.1, 0.15) is 0 Å². The van der Waals surface area contributed by atoms with Crippen molar-refractivity contribution in [1.29, 1.82) is 0 Å². The summed E-state index contributed by atoms with van der Waals surface area (Å²) in [5.41, 5.74) is 7.97. The van der Waals surface area contributed by atoms with Crippen molar-refractivity contribution in [2.75, 3.05) is 18.8 Å². The van der Waals surface area contributed by atoms with Gasteiger partial charge >= 0.3 is 0 Å². The lowest BCUT2D eigenvalue weighted by Crippen LogP contribution is -2.33. The Morgan fingerprint density at radius 1 is 1.35 bits per heavy atom. The molecule has 0 unspecified atom stereocenters. The first-order chi connectivity index (χ1) is 10.9. The van der Waals surface area contributed by atoms with E-state index in [-0.39, 0.29) is 23.0 Å². The Kier molecular flexibility index (Phi) is 3.61. The first-order valence-corrected chi connectivity index (χ1v) is 9.76. The van der Waals surface area contributed by atoms with E-state index in [9.17, 15) is 8.42 Å². The zero-order valence-corrected chi connectivity index (χ0v) is 14.1. The molecule has 0 aliphatic carbocycles. The number of likely N-dealkylation sites (tertiary alicyclic amines) is 1. The summed E-state index contributed by atoms with van der Waals surface area (Å²) in [7, 11) is -3.06. The van der Waals surface area contributed by atoms with Gasteiger partial charge in [0.15, 0.2) is 9.84 Å². The summed E-state index contributed by atoms with van der Waals surface area (Å²) < 4.78 is 24.4. The Morgan fingerprint density at radius 3 is 2.96 bits per heavy atom. The van der Waals surface area contributed by atoms with Crippen LogP contribution in [0.3, 0.4) is 0 Å². The molecule has 1 aromatic heterocycles. The zero-order chi connectivity index (χ0) is 16.2. The molecule has 3 atom stereocenters. The number of nitrogens with zero attached hydrogens (tertiary/aromatic N) is 2. The van der Waals surface area contributed by atoms with Gasteiger partial charge in [0.2, 0.25) is 0 Å². The second-order valence-electron chi connectivity index (χ2n) is 6.53. The number of pyridine rings is 1. The maximum atomic E-state index is 12.2. The molecule has 5 nitrogen and oxygen atoms in total. The van der Waals surface area contributed by atoms with E-state index < -0.39 is 9.84 Å². The smallest absolute Gasteiger partial charge is 0.156 e. The highest BCUT2D eigenvalue weighted by Gasteiger charge is 2.50. The van der Waals surface area contributed by atoms with Crippen molar-refractivity contribution in [1.82, 2.24) is 9.88 Å². The van der Waals surface area contributed by atoms with Gasteiger partial charge in [-0.25, -0.2) is 8.42 Å². The van der Waals surface area contributed by atoms with E-state index in [1.165, 1.54) is 0 Å². The Bertz CT molecular complexity index is 871. The summed E-state index contributed by atoms with van der Waals surface area (Å²) in [6.45, 7) is 1.90. The molecule has 3 heterocycles. The van der Waals surface area contributed by atoms with Crippen LogP contribution in [0.4, 0.5) is 0 Å². The summed E-state index contributed by atoms with van der Waals surface area (Å²) >= 11 is 6.21. The van der Waals surface area contributed by atoms with Gasteiger partial charge in [-0.3, -0.25) is 9.88 Å². The standard InChI is InChI=1S/C16H18ClN3O2S/c17-12-4-10-2-1-3-19-16(10)11(5-12)6-20-7-13-14(18)9-23(21,22)15(13)8-20/h1-5,13-15H,6-9,18H2/t13-,14+,15-/m0/s1. The lowest BCUT2D eigenvalue weighted by molar-refractivity contribution is 0.309. The van der Waals surface area contributed by atoms with Gasteiger partial charge in [-0.05, 0) is 23.8 Å². The van der Waals surface area contributed by atoms with Gasteiger partial charge in [0.05, 0.1) is 16.5 Å². The van der Waals surface area contributed by atoms with E-state index >= 15 is 0 Å². The fraction of sp³-hybridized carbons (Fsp3) is 0.438. The van der Waals surface area contributed by atoms with Crippen molar-refractivity contribution in [3.63, 3.8) is 0 Å². The monoisotopic (exact) mass is 351 g/mol. The third-order valence-electron chi connectivity index (χ3n) is 4.96. The van der Waals surface area contributed by atoms with Crippen LogP contribution in [0.1, 0.15) is 5.56 Å². The molecule has 2 aromatic rings. The molecule has 0 amide bonds. The van der Waals surface area contributed by atoms with E-state index in [1.807, 2.05) is 24.3 Å². The number of benzene rings is 1. The average molecular weight is 352 g/mol. The Hall–Kier alpha value is -1.21. The molecule has 0 radical (unpaired) electrons. The molecule has 2 fully saturated rings. The summed E-state index contributed by atoms with van der Waals surface area (Å²) in [4.78, 5) is 6.61. The fourth-order valence-electron chi connectivity index (χ4n) is 3.90. The number of sulfone groups is 1. The van der Waals surface area contributed by atoms with E-state index in [0.29, 0.717) is 24.7 Å². The maximum absolute atomic E-state index is 12.2. The topological polar surface area (TPSA) is 76.3 Å². The van der Waals surface area contributed by atoms with Crippen molar-refractivity contribution in [2.45, 2.75) is 17.8 Å². The van der Waals surface area contributed by atoms with Gasteiger partial charge in [-0.15, -0.1) is 0 Å². The highest BCUT2D eigenvalue weighted by molar-refractivity contribution is 7.92. The molecule has 122 valence electrons. The van der Waals surface area contributed by atoms with Crippen molar-refractivity contribution in [2.24, 2.45) is 11.7 Å². The van der Waals surface area contributed by atoms with Crippen LogP contribution >= 0.6 is 11.6 Å². The van der Waals surface area contributed by atoms with Crippen LogP contribution in [0.5, 0.6) is 0 Å². The van der Waals surface area contributed by atoms with Crippen LogP contribution in [-0.4, -0.2) is 48.4 Å². The first-order valence-electron chi connectivity index (χ1n) is 7.67. The minimum Gasteiger partial charge on any atom is -0.326 e. The summed E-state index contributed by atoms with van der Waals surface area (Å²) in [6.07, 6.45) is 1.76. The number of fused-ring (bicyclic) bond motifs is 2. The molecule has 23 heavy (non-hydrogen) atoms. The molecule has 2 N–H and O–H groups in total. The number of hydrogen-bond acceptors (Lipinski definition) is 5. The first kappa shape index (κ1) is 15.3. The molecule has 2 aliphatic rings. The van der Waals surface area contributed by atoms with Gasteiger partial charge in [-0.2, -0.15) is 0 Å². The predicted molar refractivity (Wildman–Crippen MR) is 91.1 cm³/mol. The molecule has 2 aliphatic heterocycles. The molecule has 7 heteroatoms. The number of rotatable bonds is 2. The van der Waals surface area contributed by atoms with E-state index in [0.717, 1.165) is 16.5 Å². The SMILES string of the molecule is N[C@@H]1CS(=O)(=O)[C@H]2CN(Cc3cc(Cl)cc4cccnc34)C[C@@H]12. The van der Waals surface area contributed by atoms with Gasteiger partial charge < -0.3 is 5.73 Å². The van der Waals surface area contributed by atoms with Crippen LogP contribution < -0.4 is 5.73 Å². The van der Waals surface area contributed by atoms with Gasteiger partial charge in [0.25, 0.3) is 0 Å². The lowest BCUT2D eigenvalue weighted by atomic mass is 10.0. The highest BCUT2D eigenvalue weighted by atomic mass is 35.5. The minimum absolute atomic E-state index is 0.0402. The third-order valence-corrected chi connectivity index (χ3v) is 7.45. The second kappa shape index (κ2) is 5.41. The van der Waals surface area contributed by atoms with Crippen molar-refractivity contribution < 1.29 is 8.42 Å². The summed E-state index contributed by atoms with van der Waals surface area (Å²) in [5.74, 6) is 0.163. The summed E-state index contributed by atoms with van der Waals surface area (Å²) in [5, 5.41) is 1.35. The maximum Gasteiger partial charge on any atom is 0.156 e.